The Bertz CT molecular complexity index is 173. The van der Waals surface area contributed by atoms with Crippen LogP contribution in [0.4, 0.5) is 8.78 Å². The first-order chi connectivity index (χ1) is 5.54. The number of hydrogen-bond donors (Lipinski definition) is 2. The molecule has 0 saturated carbocycles. The molecule has 1 amide bonds. The summed E-state index contributed by atoms with van der Waals surface area (Å²) < 4.78 is 28.7. The third-order valence-electron chi connectivity index (χ3n) is 1.00. The van der Waals surface area contributed by atoms with Crippen LogP contribution >= 0.6 is 0 Å². The molecule has 0 heterocycles. The summed E-state index contributed by atoms with van der Waals surface area (Å²) in [5, 5.41) is 0. The van der Waals surface area contributed by atoms with Crippen LogP contribution in [0.1, 0.15) is 6.42 Å². The molecule has 0 atom stereocenters. The minimum atomic E-state index is -3.86. The molecule has 3 N–H and O–H groups in total. The third kappa shape index (κ3) is 3.40. The van der Waals surface area contributed by atoms with E-state index in [4.69, 9.17) is 0 Å². The second-order valence-electron chi connectivity index (χ2n) is 1.92. The number of amides is 1. The minimum Gasteiger partial charge on any atom is -0.312 e. The largest absolute Gasteiger partial charge is 0.437 e. The van der Waals surface area contributed by atoms with Crippen LogP contribution in [-0.4, -0.2) is 18.6 Å². The number of rotatable bonds is 5. The molecule has 0 saturated heterocycles. The van der Waals surface area contributed by atoms with Crippen LogP contribution in [0.25, 0.3) is 0 Å². The van der Waals surface area contributed by atoms with Crippen molar-refractivity contribution in [3.63, 3.8) is 0 Å². The molecule has 0 aliphatic carbocycles. The lowest BCUT2D eigenvalue weighted by Crippen LogP contribution is -2.45. The molecule has 0 rings (SSSR count). The van der Waals surface area contributed by atoms with Crippen LogP contribution in [-0.2, 0) is 9.53 Å². The molecule has 0 aromatic carbocycles. The lowest BCUT2D eigenvalue weighted by atomic mass is 10.4. The normalized spacial score (nSPS) is 10.9. The van der Waals surface area contributed by atoms with Crippen LogP contribution in [0.5, 0.6) is 0 Å². The first kappa shape index (κ1) is 11.0. The summed E-state index contributed by atoms with van der Waals surface area (Å²) >= 11 is 0. The van der Waals surface area contributed by atoms with Crippen LogP contribution in [0.3, 0.4) is 0 Å². The van der Waals surface area contributed by atoms with E-state index in [0.29, 0.717) is 0 Å². The Kier molecular flexibility index (Phi) is 4.38. The number of nitrogens with one attached hydrogen (secondary N) is 1. The highest BCUT2D eigenvalue weighted by Crippen LogP contribution is 2.14. The van der Waals surface area contributed by atoms with Crippen molar-refractivity contribution in [2.45, 2.75) is 12.5 Å². The summed E-state index contributed by atoms with van der Waals surface area (Å²) in [5.74, 6) is 2.82. The van der Waals surface area contributed by atoms with E-state index >= 15 is 0 Å². The molecule has 0 aliphatic rings. The number of alkyl halides is 2. The fraction of sp³-hybridized carbons (Fsp3) is 0.500. The highest BCUT2D eigenvalue weighted by Gasteiger charge is 2.39. The van der Waals surface area contributed by atoms with Gasteiger partial charge in [-0.05, 0) is 6.42 Å². The molecule has 0 bridgehead atoms. The molecule has 0 aromatic rings. The highest BCUT2D eigenvalue weighted by molar-refractivity contribution is 5.81. The maximum absolute atomic E-state index is 12.4. The van der Waals surface area contributed by atoms with E-state index in [-0.39, 0.29) is 13.0 Å². The molecule has 0 aliphatic heterocycles. The van der Waals surface area contributed by atoms with Gasteiger partial charge in [-0.2, -0.15) is 8.78 Å². The molecule has 70 valence electrons. The predicted molar refractivity (Wildman–Crippen MR) is 38.0 cm³/mol. The minimum absolute atomic E-state index is 0.243. The van der Waals surface area contributed by atoms with Gasteiger partial charge in [0.2, 0.25) is 0 Å². The van der Waals surface area contributed by atoms with Crippen molar-refractivity contribution in [1.82, 2.24) is 5.43 Å². The Hall–Kier alpha value is -1.01. The van der Waals surface area contributed by atoms with Crippen molar-refractivity contribution in [2.24, 2.45) is 5.84 Å². The second kappa shape index (κ2) is 4.78. The second-order valence-corrected chi connectivity index (χ2v) is 1.92. The van der Waals surface area contributed by atoms with Gasteiger partial charge in [0.1, 0.15) is 0 Å². The molecule has 0 unspecified atom stereocenters. The molecular formula is C6H10F2N2O2. The van der Waals surface area contributed by atoms with Crippen molar-refractivity contribution < 1.29 is 18.3 Å². The molecule has 4 nitrogen and oxygen atoms in total. The van der Waals surface area contributed by atoms with E-state index < -0.39 is 12.0 Å². The molecule has 0 aromatic heterocycles. The van der Waals surface area contributed by atoms with Gasteiger partial charge in [0.05, 0.1) is 6.61 Å². The smallest absolute Gasteiger partial charge is 0.312 e. The van der Waals surface area contributed by atoms with Crippen LogP contribution in [0, 0.1) is 0 Å². The molecule has 0 fully saturated rings. The zero-order valence-electron chi connectivity index (χ0n) is 6.35. The summed E-state index contributed by atoms with van der Waals surface area (Å²) in [5.41, 5.74) is 1.29. The maximum Gasteiger partial charge on any atom is 0.437 e. The SMILES string of the molecule is C=CCCOC(F)(F)C(=O)NN. The van der Waals surface area contributed by atoms with Gasteiger partial charge in [0.15, 0.2) is 0 Å². The van der Waals surface area contributed by atoms with E-state index in [2.05, 4.69) is 17.2 Å². The Morgan fingerprint density at radius 2 is 2.33 bits per heavy atom. The van der Waals surface area contributed by atoms with Crippen molar-refractivity contribution in [2.75, 3.05) is 6.61 Å². The number of halogens is 2. The van der Waals surface area contributed by atoms with E-state index in [1.165, 1.54) is 11.5 Å². The van der Waals surface area contributed by atoms with Crippen LogP contribution < -0.4 is 11.3 Å². The van der Waals surface area contributed by atoms with E-state index in [0.717, 1.165) is 0 Å². The Morgan fingerprint density at radius 3 is 2.75 bits per heavy atom. The van der Waals surface area contributed by atoms with Gasteiger partial charge in [-0.15, -0.1) is 6.58 Å². The van der Waals surface area contributed by atoms with Crippen molar-refractivity contribution in [3.05, 3.63) is 12.7 Å². The quantitative estimate of drug-likeness (QED) is 0.208. The average Bonchev–Trinajstić information content (AvgIpc) is 2.03. The van der Waals surface area contributed by atoms with Gasteiger partial charge in [-0.1, -0.05) is 6.08 Å². The average molecular weight is 180 g/mol. The zero-order valence-corrected chi connectivity index (χ0v) is 6.35. The Balaban J connectivity index is 3.86. The molecular weight excluding hydrogens is 170 g/mol. The van der Waals surface area contributed by atoms with Crippen molar-refractivity contribution in [3.8, 4) is 0 Å². The highest BCUT2D eigenvalue weighted by atomic mass is 19.3. The van der Waals surface area contributed by atoms with Crippen LogP contribution in [0.2, 0.25) is 0 Å². The first-order valence-electron chi connectivity index (χ1n) is 3.18. The van der Waals surface area contributed by atoms with E-state index in [9.17, 15) is 13.6 Å². The van der Waals surface area contributed by atoms with Crippen molar-refractivity contribution in [1.29, 1.82) is 0 Å². The Labute approximate surface area is 68.3 Å². The number of nitrogens with two attached hydrogens (primary N) is 1. The third-order valence-corrected chi connectivity index (χ3v) is 1.00. The predicted octanol–water partition coefficient (Wildman–Crippen LogP) is 0.162. The number of carbonyl (C=O) groups is 1. The summed E-state index contributed by atoms with van der Waals surface area (Å²) in [4.78, 5) is 10.3. The standard InChI is InChI=1S/C6H10F2N2O2/c1-2-3-4-12-6(7,8)5(11)10-9/h2H,1,3-4,9H2,(H,10,11). The summed E-state index contributed by atoms with van der Waals surface area (Å²) in [7, 11) is 0. The number of hydrazine groups is 1. The summed E-state index contributed by atoms with van der Waals surface area (Å²) in [6.45, 7) is 3.02. The first-order valence-corrected chi connectivity index (χ1v) is 3.18. The van der Waals surface area contributed by atoms with E-state index in [1.54, 1.807) is 0 Å². The topological polar surface area (TPSA) is 64.3 Å². The number of carbonyl (C=O) groups excluding carboxylic acids is 1. The number of ether oxygens (including phenoxy) is 1. The monoisotopic (exact) mass is 180 g/mol. The van der Waals surface area contributed by atoms with Gasteiger partial charge < -0.3 is 4.74 Å². The van der Waals surface area contributed by atoms with E-state index in [1.807, 2.05) is 0 Å². The molecule has 0 radical (unpaired) electrons. The van der Waals surface area contributed by atoms with Crippen molar-refractivity contribution >= 4 is 5.91 Å². The lowest BCUT2D eigenvalue weighted by Gasteiger charge is -2.13. The fourth-order valence-electron chi connectivity index (χ4n) is 0.420. The zero-order chi connectivity index (χ0) is 9.61. The van der Waals surface area contributed by atoms with Crippen LogP contribution in [0.15, 0.2) is 12.7 Å². The molecule has 0 spiro atoms. The maximum atomic E-state index is 12.4. The van der Waals surface area contributed by atoms with Gasteiger partial charge in [-0.3, -0.25) is 10.2 Å². The molecule has 12 heavy (non-hydrogen) atoms. The fourth-order valence-corrected chi connectivity index (χ4v) is 0.420. The molecule has 6 heteroatoms. The van der Waals surface area contributed by atoms with Gasteiger partial charge >= 0.3 is 12.0 Å². The Morgan fingerprint density at radius 1 is 1.75 bits per heavy atom. The lowest BCUT2D eigenvalue weighted by molar-refractivity contribution is -0.230. The number of hydrogen-bond acceptors (Lipinski definition) is 3. The summed E-state index contributed by atoms with van der Waals surface area (Å²) in [6.07, 6.45) is -2.22. The van der Waals surface area contributed by atoms with Gasteiger partial charge in [-0.25, -0.2) is 5.84 Å². The summed E-state index contributed by atoms with van der Waals surface area (Å²) in [6, 6.07) is 0. The van der Waals surface area contributed by atoms with Gasteiger partial charge in [0, 0.05) is 0 Å². The van der Waals surface area contributed by atoms with Gasteiger partial charge in [0.25, 0.3) is 0 Å².